The predicted octanol–water partition coefficient (Wildman–Crippen LogP) is 3.26. The zero-order valence-corrected chi connectivity index (χ0v) is 26.7. The molecule has 6 atom stereocenters. The lowest BCUT2D eigenvalue weighted by Gasteiger charge is -2.44. The number of hydrogen-bond donors (Lipinski definition) is 1. The van der Waals surface area contributed by atoms with Crippen molar-refractivity contribution in [1.82, 2.24) is 5.32 Å². The maximum Gasteiger partial charge on any atom is 0.407 e. The van der Waals surface area contributed by atoms with E-state index in [4.69, 9.17) is 28.4 Å². The quantitative estimate of drug-likeness (QED) is 0.292. The Balaban J connectivity index is 1.46. The molecule has 1 fully saturated rings. The van der Waals surface area contributed by atoms with Gasteiger partial charge >= 0.3 is 30.0 Å². The molecule has 1 aliphatic carbocycles. The van der Waals surface area contributed by atoms with Gasteiger partial charge < -0.3 is 33.7 Å². The van der Waals surface area contributed by atoms with Gasteiger partial charge in [0, 0.05) is 33.6 Å². The second kappa shape index (κ2) is 15.2. The van der Waals surface area contributed by atoms with E-state index < -0.39 is 77.6 Å². The molecule has 1 N–H and O–H groups in total. The van der Waals surface area contributed by atoms with E-state index in [2.05, 4.69) is 5.32 Å². The van der Waals surface area contributed by atoms with Gasteiger partial charge in [-0.05, 0) is 29.2 Å². The number of carbonyl (C=O) groups excluding carboxylic acids is 6. The van der Waals surface area contributed by atoms with Gasteiger partial charge in [0.2, 0.25) is 5.12 Å². The Bertz CT molecular complexity index is 1450. The third-order valence-electron chi connectivity index (χ3n) is 7.21. The Morgan fingerprint density at radius 2 is 1.24 bits per heavy atom. The maximum atomic E-state index is 13.3. The second-order valence-electron chi connectivity index (χ2n) is 10.7. The van der Waals surface area contributed by atoms with Gasteiger partial charge in [-0.1, -0.05) is 60.3 Å². The number of nitrogens with one attached hydrogen (secondary N) is 1. The van der Waals surface area contributed by atoms with Crippen molar-refractivity contribution in [2.24, 2.45) is 0 Å². The largest absolute Gasteiger partial charge is 0.463 e. The van der Waals surface area contributed by atoms with Gasteiger partial charge in [0.1, 0.15) is 19.3 Å². The van der Waals surface area contributed by atoms with E-state index in [1.54, 1.807) is 0 Å². The van der Waals surface area contributed by atoms with Gasteiger partial charge in [-0.25, -0.2) is 4.79 Å². The molecule has 0 spiro atoms. The average molecular weight is 658 g/mol. The van der Waals surface area contributed by atoms with E-state index in [1.807, 2.05) is 48.5 Å². The van der Waals surface area contributed by atoms with Gasteiger partial charge in [-0.2, -0.15) is 0 Å². The van der Waals surface area contributed by atoms with Crippen molar-refractivity contribution in [2.45, 2.75) is 76.4 Å². The summed E-state index contributed by atoms with van der Waals surface area (Å²) in [7, 11) is 0. The van der Waals surface area contributed by atoms with Gasteiger partial charge in [0.25, 0.3) is 0 Å². The highest BCUT2D eigenvalue weighted by Gasteiger charge is 2.53. The second-order valence-corrected chi connectivity index (χ2v) is 11.8. The number of thioether (sulfide) groups is 1. The fourth-order valence-corrected chi connectivity index (χ4v) is 6.41. The van der Waals surface area contributed by atoms with Crippen LogP contribution in [0.3, 0.4) is 0 Å². The lowest BCUT2D eigenvalue weighted by Crippen LogP contribution is -2.62. The molecule has 14 heteroatoms. The number of benzene rings is 2. The van der Waals surface area contributed by atoms with E-state index >= 15 is 0 Å². The summed E-state index contributed by atoms with van der Waals surface area (Å²) >= 11 is 0.554. The number of fused-ring (bicyclic) bond motifs is 3. The normalized spacial score (nSPS) is 22.3. The first kappa shape index (κ1) is 34.4. The van der Waals surface area contributed by atoms with Crippen molar-refractivity contribution < 1.29 is 57.2 Å². The number of ether oxygens (including phenoxy) is 6. The molecule has 1 aliphatic heterocycles. The van der Waals surface area contributed by atoms with Crippen molar-refractivity contribution in [1.29, 1.82) is 0 Å². The molecule has 0 radical (unpaired) electrons. The summed E-state index contributed by atoms with van der Waals surface area (Å²) in [6.07, 6.45) is -6.23. The van der Waals surface area contributed by atoms with E-state index in [1.165, 1.54) is 6.92 Å². The Morgan fingerprint density at radius 3 is 1.78 bits per heavy atom. The van der Waals surface area contributed by atoms with Gasteiger partial charge in [0.15, 0.2) is 23.7 Å². The molecular formula is C32H35NO12S. The van der Waals surface area contributed by atoms with Crippen LogP contribution < -0.4 is 5.32 Å². The topological polar surface area (TPSA) is 170 Å². The number of alkyl carbamates (subject to hydrolysis) is 1. The van der Waals surface area contributed by atoms with Crippen molar-refractivity contribution in [2.75, 3.05) is 13.2 Å². The number of amides is 1. The lowest BCUT2D eigenvalue weighted by molar-refractivity contribution is -0.237. The molecular weight excluding hydrogens is 622 g/mol. The monoisotopic (exact) mass is 657 g/mol. The predicted molar refractivity (Wildman–Crippen MR) is 162 cm³/mol. The van der Waals surface area contributed by atoms with Gasteiger partial charge in [0.05, 0.1) is 6.04 Å². The van der Waals surface area contributed by atoms with Gasteiger partial charge in [-0.15, -0.1) is 0 Å². The lowest BCUT2D eigenvalue weighted by atomic mass is 9.98. The van der Waals surface area contributed by atoms with Crippen LogP contribution in [0.1, 0.15) is 51.7 Å². The minimum atomic E-state index is -1.42. The van der Waals surface area contributed by atoms with Crippen LogP contribution in [0, 0.1) is 0 Å². The number of hydrogen-bond acceptors (Lipinski definition) is 13. The molecule has 1 heterocycles. The molecule has 4 rings (SSSR count). The van der Waals surface area contributed by atoms with Crippen LogP contribution >= 0.6 is 11.8 Å². The minimum Gasteiger partial charge on any atom is -0.463 e. The van der Waals surface area contributed by atoms with Crippen LogP contribution in [-0.4, -0.2) is 84.2 Å². The number of rotatable bonds is 10. The SMILES string of the molecule is CC(=O)OC[C@H]1O[C@@H](SC(=O)[C@@H](C)NC(=O)OCC2c3ccccc3-c3ccccc32)[C@H](OC(C)=O)[C@@H](OC(C)=O)[C@@H]1OC(C)=O. The molecule has 0 aromatic heterocycles. The highest BCUT2D eigenvalue weighted by atomic mass is 32.2. The molecule has 13 nitrogen and oxygen atoms in total. The number of esters is 4. The van der Waals surface area contributed by atoms with Gasteiger partial charge in [-0.3, -0.25) is 24.0 Å². The third-order valence-corrected chi connectivity index (χ3v) is 8.41. The molecule has 1 amide bonds. The minimum absolute atomic E-state index is 0.0353. The summed E-state index contributed by atoms with van der Waals surface area (Å²) in [5.41, 5.74) is 2.87. The molecule has 0 bridgehead atoms. The molecule has 2 aromatic rings. The summed E-state index contributed by atoms with van der Waals surface area (Å²) in [4.78, 5) is 73.7. The van der Waals surface area contributed by atoms with Crippen LogP contribution in [0.5, 0.6) is 0 Å². The fourth-order valence-electron chi connectivity index (χ4n) is 5.38. The van der Waals surface area contributed by atoms with Crippen LogP contribution in [0.2, 0.25) is 0 Å². The zero-order chi connectivity index (χ0) is 33.5. The van der Waals surface area contributed by atoms with Crippen molar-refractivity contribution in [3.8, 4) is 11.1 Å². The summed E-state index contributed by atoms with van der Waals surface area (Å²) in [5.74, 6) is -3.22. The van der Waals surface area contributed by atoms with E-state index in [-0.39, 0.29) is 12.5 Å². The first-order chi connectivity index (χ1) is 21.8. The van der Waals surface area contributed by atoms with Crippen molar-refractivity contribution >= 4 is 46.8 Å². The highest BCUT2D eigenvalue weighted by Crippen LogP contribution is 2.44. The summed E-state index contributed by atoms with van der Waals surface area (Å²) < 4.78 is 32.7. The van der Waals surface area contributed by atoms with E-state index in [0.717, 1.165) is 49.9 Å². The van der Waals surface area contributed by atoms with E-state index in [9.17, 15) is 28.8 Å². The first-order valence-electron chi connectivity index (χ1n) is 14.5. The Labute approximate surface area is 269 Å². The van der Waals surface area contributed by atoms with Crippen molar-refractivity contribution in [3.05, 3.63) is 59.7 Å². The Hall–Kier alpha value is -4.43. The highest BCUT2D eigenvalue weighted by molar-refractivity contribution is 8.14. The smallest absolute Gasteiger partial charge is 0.407 e. The average Bonchev–Trinajstić information content (AvgIpc) is 3.31. The van der Waals surface area contributed by atoms with Crippen LogP contribution in [0.25, 0.3) is 11.1 Å². The summed E-state index contributed by atoms with van der Waals surface area (Å²) in [6, 6.07) is 14.6. The Kier molecular flexibility index (Phi) is 11.4. The summed E-state index contributed by atoms with van der Waals surface area (Å²) in [6.45, 7) is 5.49. The standard InChI is InChI=1S/C32H35NO12S/c1-16(33-32(39)41-14-25-23-12-8-6-10-21(23)22-11-7-9-13-24(22)25)30(38)46-31-29(44-20(5)37)28(43-19(4)36)27(42-18(3)35)26(45-31)15-40-17(2)34/h6-13,16,25-29,31H,14-15H2,1-5H3,(H,33,39)/t16-,26-,27-,28+,29-,31+/m1/s1. The first-order valence-corrected chi connectivity index (χ1v) is 15.4. The molecule has 0 saturated carbocycles. The van der Waals surface area contributed by atoms with E-state index in [0.29, 0.717) is 11.8 Å². The maximum absolute atomic E-state index is 13.3. The fraction of sp³-hybridized carbons (Fsp3) is 0.438. The molecule has 0 unspecified atom stereocenters. The molecule has 2 aromatic carbocycles. The third kappa shape index (κ3) is 8.43. The zero-order valence-electron chi connectivity index (χ0n) is 25.9. The molecule has 246 valence electrons. The van der Waals surface area contributed by atoms with Crippen molar-refractivity contribution in [3.63, 3.8) is 0 Å². The van der Waals surface area contributed by atoms with Crippen LogP contribution in [0.15, 0.2) is 48.5 Å². The van der Waals surface area contributed by atoms with Crippen LogP contribution in [0.4, 0.5) is 4.79 Å². The molecule has 1 saturated heterocycles. The molecule has 2 aliphatic rings. The number of carbonyl (C=O) groups is 6. The molecule has 46 heavy (non-hydrogen) atoms. The summed E-state index contributed by atoms with van der Waals surface area (Å²) in [5, 5.41) is 1.89. The Morgan fingerprint density at radius 1 is 0.717 bits per heavy atom. The van der Waals surface area contributed by atoms with Crippen LogP contribution in [-0.2, 0) is 52.4 Å².